The molecule has 0 aliphatic heterocycles. The summed E-state index contributed by atoms with van der Waals surface area (Å²) >= 11 is 0. The third-order valence-electron chi connectivity index (χ3n) is 4.53. The lowest BCUT2D eigenvalue weighted by atomic mass is 10.1. The SMILES string of the molecule is COC(=O)[C@H](COC(=O)OCn1cc(CC2C=CC=C2)nn1)NC(=O)OCc1ccccc1. The van der Waals surface area contributed by atoms with Gasteiger partial charge in [0, 0.05) is 12.3 Å². The largest absolute Gasteiger partial charge is 0.510 e. The van der Waals surface area contributed by atoms with Crippen LogP contribution in [0.3, 0.4) is 0 Å². The van der Waals surface area contributed by atoms with Gasteiger partial charge in [-0.1, -0.05) is 59.8 Å². The van der Waals surface area contributed by atoms with Gasteiger partial charge in [0.2, 0.25) is 0 Å². The van der Waals surface area contributed by atoms with Crippen LogP contribution in [-0.2, 0) is 43.5 Å². The molecule has 0 saturated carbocycles. The number of amides is 1. The van der Waals surface area contributed by atoms with Gasteiger partial charge in [-0.25, -0.2) is 19.1 Å². The third kappa shape index (κ3) is 7.80. The molecule has 1 atom stereocenters. The average molecular weight is 456 g/mol. The first-order valence-electron chi connectivity index (χ1n) is 10.1. The van der Waals surface area contributed by atoms with E-state index in [9.17, 15) is 14.4 Å². The minimum absolute atomic E-state index is 0.0106. The van der Waals surface area contributed by atoms with Crippen molar-refractivity contribution in [1.82, 2.24) is 20.3 Å². The Morgan fingerprint density at radius 3 is 2.58 bits per heavy atom. The molecule has 33 heavy (non-hydrogen) atoms. The molecule has 1 heterocycles. The lowest BCUT2D eigenvalue weighted by Gasteiger charge is -2.16. The number of carbonyl (C=O) groups excluding carboxylic acids is 3. The molecule has 11 heteroatoms. The summed E-state index contributed by atoms with van der Waals surface area (Å²) < 4.78 is 20.9. The topological polar surface area (TPSA) is 131 Å². The van der Waals surface area contributed by atoms with Crippen LogP contribution in [0.15, 0.2) is 60.8 Å². The Bertz CT molecular complexity index is 991. The Kier molecular flexibility index (Phi) is 8.57. The molecule has 1 aromatic carbocycles. The first-order chi connectivity index (χ1) is 16.0. The van der Waals surface area contributed by atoms with Gasteiger partial charge in [0.25, 0.3) is 0 Å². The highest BCUT2D eigenvalue weighted by atomic mass is 16.7. The molecule has 1 aliphatic carbocycles. The third-order valence-corrected chi connectivity index (χ3v) is 4.53. The second kappa shape index (κ2) is 12.0. The number of carbonyl (C=O) groups is 3. The lowest BCUT2D eigenvalue weighted by molar-refractivity contribution is -0.144. The molecule has 0 fully saturated rings. The Balaban J connectivity index is 1.40. The molecule has 1 aromatic heterocycles. The van der Waals surface area contributed by atoms with Crippen molar-refractivity contribution >= 4 is 18.2 Å². The zero-order valence-corrected chi connectivity index (χ0v) is 18.0. The van der Waals surface area contributed by atoms with E-state index in [0.29, 0.717) is 6.42 Å². The summed E-state index contributed by atoms with van der Waals surface area (Å²) in [7, 11) is 1.14. The van der Waals surface area contributed by atoms with Crippen LogP contribution in [0, 0.1) is 5.92 Å². The average Bonchev–Trinajstić information content (AvgIpc) is 3.51. The van der Waals surface area contributed by atoms with Gasteiger partial charge in [-0.3, -0.25) is 0 Å². The number of alkyl carbamates (subject to hydrolysis) is 1. The fraction of sp³-hybridized carbons (Fsp3) is 0.318. The number of rotatable bonds is 10. The number of esters is 1. The van der Waals surface area contributed by atoms with E-state index in [2.05, 4.69) is 32.5 Å². The maximum Gasteiger partial charge on any atom is 0.510 e. The maximum absolute atomic E-state index is 12.0. The summed E-state index contributed by atoms with van der Waals surface area (Å²) in [6.45, 7) is -0.719. The number of nitrogens with one attached hydrogen (secondary N) is 1. The number of methoxy groups -OCH3 is 1. The normalized spacial score (nSPS) is 13.4. The van der Waals surface area contributed by atoms with E-state index >= 15 is 0 Å². The van der Waals surface area contributed by atoms with Crippen LogP contribution in [0.4, 0.5) is 9.59 Å². The maximum atomic E-state index is 12.0. The highest BCUT2D eigenvalue weighted by Gasteiger charge is 2.24. The molecule has 0 bridgehead atoms. The van der Waals surface area contributed by atoms with Crippen LogP contribution in [0.5, 0.6) is 0 Å². The Hall–Kier alpha value is -4.15. The monoisotopic (exact) mass is 456 g/mol. The number of allylic oxidation sites excluding steroid dienone is 4. The molecule has 0 radical (unpaired) electrons. The fourth-order valence-corrected chi connectivity index (χ4v) is 2.88. The molecule has 0 spiro atoms. The van der Waals surface area contributed by atoms with Crippen LogP contribution in [-0.4, -0.2) is 53.0 Å². The van der Waals surface area contributed by atoms with Crippen molar-refractivity contribution in [2.24, 2.45) is 5.92 Å². The molecule has 0 unspecified atom stereocenters. The van der Waals surface area contributed by atoms with Gasteiger partial charge in [-0.05, 0) is 5.56 Å². The Labute approximate surface area is 189 Å². The molecule has 2 aromatic rings. The minimum Gasteiger partial charge on any atom is -0.467 e. The molecule has 1 aliphatic rings. The summed E-state index contributed by atoms with van der Waals surface area (Å²) in [6.07, 6.45) is 8.46. The number of hydrogen-bond acceptors (Lipinski definition) is 9. The quantitative estimate of drug-likeness (QED) is 0.422. The summed E-state index contributed by atoms with van der Waals surface area (Å²) in [5.74, 6) is -0.543. The highest BCUT2D eigenvalue weighted by Crippen LogP contribution is 2.14. The van der Waals surface area contributed by atoms with E-state index in [1.54, 1.807) is 30.5 Å². The van der Waals surface area contributed by atoms with Crippen molar-refractivity contribution in [3.8, 4) is 0 Å². The van der Waals surface area contributed by atoms with E-state index in [4.69, 9.17) is 14.2 Å². The number of nitrogens with zero attached hydrogens (tertiary/aromatic N) is 3. The second-order valence-corrected chi connectivity index (χ2v) is 7.00. The van der Waals surface area contributed by atoms with E-state index in [1.165, 1.54) is 4.68 Å². The van der Waals surface area contributed by atoms with Gasteiger partial charge < -0.3 is 24.3 Å². The molecule has 3 rings (SSSR count). The van der Waals surface area contributed by atoms with Crippen molar-refractivity contribution in [3.63, 3.8) is 0 Å². The lowest BCUT2D eigenvalue weighted by Crippen LogP contribution is -2.45. The smallest absolute Gasteiger partial charge is 0.467 e. The van der Waals surface area contributed by atoms with Crippen molar-refractivity contribution < 1.29 is 33.3 Å². The molecule has 1 N–H and O–H groups in total. The first-order valence-corrected chi connectivity index (χ1v) is 10.1. The molecule has 174 valence electrons. The first kappa shape index (κ1) is 23.5. The predicted molar refractivity (Wildman–Crippen MR) is 113 cm³/mol. The highest BCUT2D eigenvalue weighted by molar-refractivity contribution is 5.81. The van der Waals surface area contributed by atoms with Crippen LogP contribution in [0.25, 0.3) is 0 Å². The second-order valence-electron chi connectivity index (χ2n) is 7.00. The fourth-order valence-electron chi connectivity index (χ4n) is 2.88. The molecular formula is C22H24N4O7. The van der Waals surface area contributed by atoms with Gasteiger partial charge in [0.1, 0.15) is 13.2 Å². The van der Waals surface area contributed by atoms with Crippen molar-refractivity contribution in [2.75, 3.05) is 13.7 Å². The van der Waals surface area contributed by atoms with E-state index in [-0.39, 0.29) is 19.3 Å². The molecular weight excluding hydrogens is 432 g/mol. The van der Waals surface area contributed by atoms with Crippen LogP contribution >= 0.6 is 0 Å². The zero-order valence-electron chi connectivity index (χ0n) is 18.0. The summed E-state index contributed by atoms with van der Waals surface area (Å²) in [4.78, 5) is 35.8. The van der Waals surface area contributed by atoms with E-state index < -0.39 is 30.9 Å². The molecule has 11 nitrogen and oxygen atoms in total. The number of hydrogen-bond donors (Lipinski definition) is 1. The van der Waals surface area contributed by atoms with Crippen molar-refractivity contribution in [2.45, 2.75) is 25.8 Å². The summed E-state index contributed by atoms with van der Waals surface area (Å²) in [6, 6.07) is 7.74. The van der Waals surface area contributed by atoms with Crippen LogP contribution in [0.2, 0.25) is 0 Å². The van der Waals surface area contributed by atoms with E-state index in [0.717, 1.165) is 18.4 Å². The summed E-state index contributed by atoms with van der Waals surface area (Å²) in [5, 5.41) is 10.2. The molecule has 1 amide bonds. The predicted octanol–water partition coefficient (Wildman–Crippen LogP) is 2.14. The van der Waals surface area contributed by atoms with Gasteiger partial charge in [0.05, 0.1) is 19.0 Å². The Morgan fingerprint density at radius 2 is 1.85 bits per heavy atom. The zero-order chi connectivity index (χ0) is 23.5. The van der Waals surface area contributed by atoms with Gasteiger partial charge >= 0.3 is 18.2 Å². The number of benzene rings is 1. The van der Waals surface area contributed by atoms with Crippen molar-refractivity contribution in [1.29, 1.82) is 0 Å². The standard InChI is InChI=1S/C22H24N4O7/c1-30-20(27)19(23-21(28)31-13-17-9-3-2-4-10-17)14-32-22(29)33-15-26-12-18(24-25-26)11-16-7-5-6-8-16/h2-10,12,16,19H,11,13-15H2,1H3,(H,23,28)/t19-/m0/s1. The number of ether oxygens (including phenoxy) is 4. The van der Waals surface area contributed by atoms with Crippen LogP contribution in [0.1, 0.15) is 11.3 Å². The summed E-state index contributed by atoms with van der Waals surface area (Å²) in [5.41, 5.74) is 1.52. The molecule has 0 saturated heterocycles. The van der Waals surface area contributed by atoms with Crippen molar-refractivity contribution in [3.05, 3.63) is 72.1 Å². The Morgan fingerprint density at radius 1 is 1.09 bits per heavy atom. The van der Waals surface area contributed by atoms with Gasteiger partial charge in [0.15, 0.2) is 12.8 Å². The minimum atomic E-state index is -1.27. The number of aromatic nitrogens is 3. The van der Waals surface area contributed by atoms with E-state index in [1.807, 2.05) is 18.2 Å². The van der Waals surface area contributed by atoms with Crippen LogP contribution < -0.4 is 5.32 Å². The van der Waals surface area contributed by atoms with Gasteiger partial charge in [-0.15, -0.1) is 5.10 Å². The van der Waals surface area contributed by atoms with Gasteiger partial charge in [-0.2, -0.15) is 0 Å².